The highest BCUT2D eigenvalue weighted by Crippen LogP contribution is 2.38. The molecule has 1 heterocycles. The van der Waals surface area contributed by atoms with Gasteiger partial charge in [0.15, 0.2) is 11.5 Å². The van der Waals surface area contributed by atoms with Crippen LogP contribution in [0.1, 0.15) is 11.1 Å². The smallest absolute Gasteiger partial charge is 0.333 e. The first kappa shape index (κ1) is 23.0. The van der Waals surface area contributed by atoms with Crippen LogP contribution in [0.15, 0.2) is 66.4 Å². The lowest BCUT2D eigenvalue weighted by Gasteiger charge is -2.14. The first-order valence-corrected chi connectivity index (χ1v) is 10.9. The first-order valence-electron chi connectivity index (χ1n) is 9.74. The molecule has 3 aromatic carbocycles. The van der Waals surface area contributed by atoms with Crippen LogP contribution in [0.3, 0.4) is 0 Å². The second-order valence-electron chi connectivity index (χ2n) is 7.02. The third-order valence-electron chi connectivity index (χ3n) is 4.86. The van der Waals surface area contributed by atoms with Crippen LogP contribution >= 0.6 is 34.8 Å². The Hall–Kier alpha value is -3.19. The van der Waals surface area contributed by atoms with E-state index in [-0.39, 0.29) is 17.3 Å². The predicted molar refractivity (Wildman–Crippen MR) is 129 cm³/mol. The number of benzene rings is 3. The molecule has 168 valence electrons. The maximum atomic E-state index is 12.8. The molecular formula is C24H17Cl3N2O4. The van der Waals surface area contributed by atoms with Gasteiger partial charge in [-0.1, -0.05) is 53.0 Å². The summed E-state index contributed by atoms with van der Waals surface area (Å²) in [5.41, 5.74) is 1.84. The van der Waals surface area contributed by atoms with Crippen LogP contribution in [0.2, 0.25) is 15.1 Å². The van der Waals surface area contributed by atoms with Gasteiger partial charge in [0.05, 0.1) is 17.8 Å². The minimum Gasteiger partial charge on any atom is -0.493 e. The van der Waals surface area contributed by atoms with Gasteiger partial charge in [0, 0.05) is 15.6 Å². The Morgan fingerprint density at radius 3 is 2.39 bits per heavy atom. The third-order valence-corrected chi connectivity index (χ3v) is 5.76. The average molecular weight is 504 g/mol. The number of amides is 3. The van der Waals surface area contributed by atoms with Crippen molar-refractivity contribution in [3.63, 3.8) is 0 Å². The lowest BCUT2D eigenvalue weighted by atomic mass is 10.1. The first-order chi connectivity index (χ1) is 15.9. The number of carbonyl (C=O) groups is 2. The van der Waals surface area contributed by atoms with E-state index in [1.807, 2.05) is 18.2 Å². The zero-order valence-electron chi connectivity index (χ0n) is 17.3. The monoisotopic (exact) mass is 502 g/mol. The van der Waals surface area contributed by atoms with Gasteiger partial charge in [-0.3, -0.25) is 4.79 Å². The molecule has 1 aliphatic heterocycles. The molecular weight excluding hydrogens is 487 g/mol. The summed E-state index contributed by atoms with van der Waals surface area (Å²) in [7, 11) is 1.48. The molecule has 0 aromatic heterocycles. The van der Waals surface area contributed by atoms with E-state index in [9.17, 15) is 9.59 Å². The summed E-state index contributed by atoms with van der Waals surface area (Å²) in [5, 5.41) is 3.93. The second-order valence-corrected chi connectivity index (χ2v) is 8.27. The Morgan fingerprint density at radius 2 is 1.70 bits per heavy atom. The van der Waals surface area contributed by atoms with E-state index >= 15 is 0 Å². The summed E-state index contributed by atoms with van der Waals surface area (Å²) in [4.78, 5) is 26.3. The van der Waals surface area contributed by atoms with Crippen molar-refractivity contribution in [3.05, 3.63) is 92.6 Å². The lowest BCUT2D eigenvalue weighted by molar-refractivity contribution is -0.113. The summed E-state index contributed by atoms with van der Waals surface area (Å²) in [6.07, 6.45) is 1.52. The quantitative estimate of drug-likeness (QED) is 0.315. The van der Waals surface area contributed by atoms with Crippen LogP contribution in [-0.4, -0.2) is 19.0 Å². The lowest BCUT2D eigenvalue weighted by Crippen LogP contribution is -2.30. The van der Waals surface area contributed by atoms with Gasteiger partial charge < -0.3 is 14.8 Å². The van der Waals surface area contributed by atoms with E-state index in [0.29, 0.717) is 32.8 Å². The van der Waals surface area contributed by atoms with Crippen LogP contribution < -0.4 is 19.7 Å². The van der Waals surface area contributed by atoms with Crippen LogP contribution in [0.5, 0.6) is 11.5 Å². The Kier molecular flexibility index (Phi) is 6.79. The van der Waals surface area contributed by atoms with Crippen molar-refractivity contribution in [3.8, 4) is 11.5 Å². The molecule has 4 rings (SSSR count). The highest BCUT2D eigenvalue weighted by atomic mass is 35.5. The van der Waals surface area contributed by atoms with Crippen molar-refractivity contribution in [2.75, 3.05) is 12.0 Å². The number of nitrogens with zero attached hydrogens (tertiary/aromatic N) is 1. The van der Waals surface area contributed by atoms with Crippen LogP contribution in [0, 0.1) is 0 Å². The molecule has 6 nitrogen and oxygen atoms in total. The SMILES string of the molecule is COc1cc(/C=C2/NC(=O)N(c3ccc(Cl)cc3)C2=O)cc(Cl)c1OCc1ccccc1Cl. The predicted octanol–water partition coefficient (Wildman–Crippen LogP) is 6.33. The zero-order chi connectivity index (χ0) is 23.5. The van der Waals surface area contributed by atoms with Crippen molar-refractivity contribution in [1.82, 2.24) is 5.32 Å². The van der Waals surface area contributed by atoms with E-state index in [1.165, 1.54) is 13.2 Å². The molecule has 0 spiro atoms. The molecule has 1 N–H and O–H groups in total. The summed E-state index contributed by atoms with van der Waals surface area (Å²) >= 11 is 18.5. The molecule has 0 atom stereocenters. The molecule has 3 aromatic rings. The Balaban J connectivity index is 1.58. The summed E-state index contributed by atoms with van der Waals surface area (Å²) in [5.74, 6) is 0.204. The minimum atomic E-state index is -0.564. The van der Waals surface area contributed by atoms with Gasteiger partial charge in [0.2, 0.25) is 0 Å². The summed E-state index contributed by atoms with van der Waals surface area (Å²) < 4.78 is 11.3. The maximum absolute atomic E-state index is 12.8. The number of methoxy groups -OCH3 is 1. The van der Waals surface area contributed by atoms with Gasteiger partial charge >= 0.3 is 6.03 Å². The van der Waals surface area contributed by atoms with E-state index in [0.717, 1.165) is 10.5 Å². The molecule has 0 radical (unpaired) electrons. The minimum absolute atomic E-state index is 0.0952. The van der Waals surface area contributed by atoms with Crippen molar-refractivity contribution in [2.24, 2.45) is 0 Å². The molecule has 1 saturated heterocycles. The molecule has 9 heteroatoms. The number of imide groups is 1. The number of urea groups is 1. The van der Waals surface area contributed by atoms with Gasteiger partial charge in [-0.25, -0.2) is 9.69 Å². The molecule has 33 heavy (non-hydrogen) atoms. The zero-order valence-corrected chi connectivity index (χ0v) is 19.5. The van der Waals surface area contributed by atoms with Crippen molar-refractivity contribution in [2.45, 2.75) is 6.61 Å². The highest BCUT2D eigenvalue weighted by molar-refractivity contribution is 6.33. The number of halogens is 3. The van der Waals surface area contributed by atoms with E-state index in [1.54, 1.807) is 42.5 Å². The second kappa shape index (κ2) is 9.75. The van der Waals surface area contributed by atoms with E-state index in [4.69, 9.17) is 44.3 Å². The van der Waals surface area contributed by atoms with Crippen molar-refractivity contribution in [1.29, 1.82) is 0 Å². The van der Waals surface area contributed by atoms with Gasteiger partial charge in [0.25, 0.3) is 5.91 Å². The highest BCUT2D eigenvalue weighted by Gasteiger charge is 2.34. The fourth-order valence-corrected chi connectivity index (χ4v) is 3.84. The molecule has 0 unspecified atom stereocenters. The largest absolute Gasteiger partial charge is 0.493 e. The number of nitrogens with one attached hydrogen (secondary N) is 1. The Morgan fingerprint density at radius 1 is 0.970 bits per heavy atom. The average Bonchev–Trinajstić information content (AvgIpc) is 3.07. The summed E-state index contributed by atoms with van der Waals surface area (Å²) in [6.45, 7) is 0.195. The summed E-state index contributed by atoms with van der Waals surface area (Å²) in [6, 6.07) is 16.4. The number of carbonyl (C=O) groups excluding carboxylic acids is 2. The number of anilines is 1. The number of hydrogen-bond donors (Lipinski definition) is 1. The van der Waals surface area contributed by atoms with Gasteiger partial charge in [-0.15, -0.1) is 0 Å². The van der Waals surface area contributed by atoms with Crippen molar-refractivity contribution >= 4 is 58.5 Å². The normalized spacial score (nSPS) is 14.5. The van der Waals surface area contributed by atoms with E-state index < -0.39 is 11.9 Å². The number of hydrogen-bond acceptors (Lipinski definition) is 4. The Bertz CT molecular complexity index is 1260. The molecule has 0 saturated carbocycles. The van der Waals surface area contributed by atoms with Gasteiger partial charge in [-0.05, 0) is 54.1 Å². The standard InChI is InChI=1S/C24H17Cl3N2O4/c1-32-21-12-14(10-19(27)22(21)33-13-15-4-2-3-5-18(15)26)11-20-23(30)29(24(31)28-20)17-8-6-16(25)7-9-17/h2-12H,13H2,1H3,(H,28,31)/b20-11+. The van der Waals surface area contributed by atoms with E-state index in [2.05, 4.69) is 5.32 Å². The molecule has 1 aliphatic rings. The van der Waals surface area contributed by atoms with Crippen molar-refractivity contribution < 1.29 is 19.1 Å². The molecule has 3 amide bonds. The van der Waals surface area contributed by atoms with Gasteiger partial charge in [0.1, 0.15) is 12.3 Å². The topological polar surface area (TPSA) is 67.9 Å². The van der Waals surface area contributed by atoms with Crippen LogP contribution in [0.4, 0.5) is 10.5 Å². The molecule has 0 aliphatic carbocycles. The third kappa shape index (κ3) is 4.93. The number of ether oxygens (including phenoxy) is 2. The molecule has 0 bridgehead atoms. The van der Waals surface area contributed by atoms with Gasteiger partial charge in [-0.2, -0.15) is 0 Å². The fraction of sp³-hybridized carbons (Fsp3) is 0.0833. The molecule has 1 fully saturated rings. The van der Waals surface area contributed by atoms with Crippen LogP contribution in [0.25, 0.3) is 6.08 Å². The number of rotatable bonds is 6. The Labute approximate surface area is 205 Å². The maximum Gasteiger partial charge on any atom is 0.333 e. The van der Waals surface area contributed by atoms with Crippen LogP contribution in [-0.2, 0) is 11.4 Å². The fourth-order valence-electron chi connectivity index (χ4n) is 3.25.